The molecule has 0 unspecified atom stereocenters. The van der Waals surface area contributed by atoms with Crippen molar-refractivity contribution in [3.63, 3.8) is 0 Å². The first-order valence-electron chi connectivity index (χ1n) is 10.8. The molecule has 0 saturated carbocycles. The van der Waals surface area contributed by atoms with Crippen molar-refractivity contribution in [1.29, 1.82) is 0 Å². The van der Waals surface area contributed by atoms with Gasteiger partial charge in [0.2, 0.25) is 0 Å². The van der Waals surface area contributed by atoms with Gasteiger partial charge in [0, 0.05) is 26.0 Å². The maximum atomic E-state index is 13.0. The van der Waals surface area contributed by atoms with Gasteiger partial charge >= 0.3 is 11.9 Å². The molecule has 11 nitrogen and oxygen atoms in total. The van der Waals surface area contributed by atoms with Crippen LogP contribution in [0.3, 0.4) is 0 Å². The van der Waals surface area contributed by atoms with Crippen LogP contribution in [0.1, 0.15) is 59.6 Å². The van der Waals surface area contributed by atoms with Gasteiger partial charge in [0.05, 0.1) is 11.3 Å². The van der Waals surface area contributed by atoms with Crippen molar-refractivity contribution in [3.8, 4) is 0 Å². The van der Waals surface area contributed by atoms with Crippen molar-refractivity contribution in [3.05, 3.63) is 11.6 Å². The van der Waals surface area contributed by atoms with Crippen LogP contribution in [-0.4, -0.2) is 75.1 Å². The molecule has 2 rings (SSSR count). The van der Waals surface area contributed by atoms with Gasteiger partial charge in [-0.15, -0.1) is 11.3 Å². The summed E-state index contributed by atoms with van der Waals surface area (Å²) in [6.45, 7) is 8.18. The summed E-state index contributed by atoms with van der Waals surface area (Å²) in [6, 6.07) is 0.398. The number of Topliss-reactive ketones (excluding diaryl/α,β-unsaturated/α-hetero) is 1. The average Bonchev–Trinajstić information content (AvgIpc) is 3.18. The maximum Gasteiger partial charge on any atom is 0.303 e. The van der Waals surface area contributed by atoms with Crippen molar-refractivity contribution < 1.29 is 45.5 Å². The van der Waals surface area contributed by atoms with Crippen molar-refractivity contribution in [2.75, 3.05) is 12.3 Å². The molecule has 35 heavy (non-hydrogen) atoms. The lowest BCUT2D eigenvalue weighted by atomic mass is 10.0. The Morgan fingerprint density at radius 3 is 2.17 bits per heavy atom. The van der Waals surface area contributed by atoms with Crippen molar-refractivity contribution >= 4 is 54.6 Å². The van der Waals surface area contributed by atoms with Gasteiger partial charge in [-0.25, -0.2) is 16.8 Å². The number of hydrogen-bond acceptors (Lipinski definition) is 11. The molecule has 1 aromatic heterocycles. The molecule has 1 aliphatic heterocycles. The fourth-order valence-corrected chi connectivity index (χ4v) is 9.16. The van der Waals surface area contributed by atoms with Crippen molar-refractivity contribution in [1.82, 2.24) is 4.90 Å². The third kappa shape index (κ3) is 6.28. The Hall–Kier alpha value is -2.32. The minimum absolute atomic E-state index is 0.0142. The van der Waals surface area contributed by atoms with Crippen molar-refractivity contribution in [2.45, 2.75) is 79.9 Å². The number of rotatable bonds is 9. The number of esters is 2. The number of ether oxygens (including phenoxy) is 2. The van der Waals surface area contributed by atoms with Crippen LogP contribution in [0.5, 0.6) is 0 Å². The monoisotopic (exact) mass is 551 g/mol. The first-order valence-corrected chi connectivity index (χ1v) is 14.8. The smallest absolute Gasteiger partial charge is 0.303 e. The third-order valence-corrected chi connectivity index (χ3v) is 11.6. The van der Waals surface area contributed by atoms with E-state index in [4.69, 9.17) is 9.47 Å². The number of ketones is 1. The summed E-state index contributed by atoms with van der Waals surface area (Å²) in [5, 5.41) is -0.911. The van der Waals surface area contributed by atoms with E-state index in [-0.39, 0.29) is 26.9 Å². The highest BCUT2D eigenvalue weighted by Gasteiger charge is 2.43. The highest BCUT2D eigenvalue weighted by Crippen LogP contribution is 2.45. The number of carbonyl (C=O) groups excluding carboxylic acids is 4. The van der Waals surface area contributed by atoms with E-state index in [0.29, 0.717) is 11.3 Å². The molecule has 0 radical (unpaired) electrons. The molecule has 0 bridgehead atoms. The standard InChI is InChI=1S/C21H29NO10S3/c1-7-22(20(26)13(4)32-15(6)24)17-8-11(2)35(29,30)21-16(17)9-19(33-21)34(27,28)10-18(25)12(3)31-14(5)23/h9,11-13,17H,7-8,10H2,1-6H3/t11-,12-,13-,17-/m0/s1. The molecule has 0 aliphatic carbocycles. The van der Waals surface area contributed by atoms with Crippen LogP contribution in [0.2, 0.25) is 0 Å². The molecule has 196 valence electrons. The Morgan fingerprint density at radius 2 is 1.66 bits per heavy atom. The van der Waals surface area contributed by atoms with Crippen LogP contribution in [0.25, 0.3) is 0 Å². The van der Waals surface area contributed by atoms with Gasteiger partial charge in [0.15, 0.2) is 37.7 Å². The van der Waals surface area contributed by atoms with E-state index in [0.717, 1.165) is 13.8 Å². The van der Waals surface area contributed by atoms with Crippen molar-refractivity contribution in [2.24, 2.45) is 0 Å². The number of thiophene rings is 1. The second-order valence-corrected chi connectivity index (χ2v) is 14.1. The Morgan fingerprint density at radius 1 is 1.11 bits per heavy atom. The molecule has 4 atom stereocenters. The fourth-order valence-electron chi connectivity index (χ4n) is 3.77. The molecule has 1 aromatic rings. The van der Waals surface area contributed by atoms with Gasteiger partial charge in [-0.1, -0.05) is 0 Å². The molecule has 0 fully saturated rings. The molecule has 1 aliphatic rings. The third-order valence-electron chi connectivity index (χ3n) is 5.53. The van der Waals surface area contributed by atoms with Crippen LogP contribution in [-0.2, 0) is 48.3 Å². The summed E-state index contributed by atoms with van der Waals surface area (Å²) < 4.78 is 61.2. The van der Waals surface area contributed by atoms with Gasteiger partial charge < -0.3 is 14.4 Å². The Kier molecular flexibility index (Phi) is 8.88. The van der Waals surface area contributed by atoms with Gasteiger partial charge in [-0.3, -0.25) is 19.2 Å². The first kappa shape index (κ1) is 28.9. The lowest BCUT2D eigenvalue weighted by molar-refractivity contribution is -0.158. The molecule has 0 N–H and O–H groups in total. The van der Waals surface area contributed by atoms with E-state index in [1.165, 1.54) is 31.7 Å². The van der Waals surface area contributed by atoms with E-state index in [2.05, 4.69) is 0 Å². The number of likely N-dealkylation sites (N-methyl/N-ethyl adjacent to an activating group) is 1. The van der Waals surface area contributed by atoms with E-state index in [1.807, 2.05) is 0 Å². The summed E-state index contributed by atoms with van der Waals surface area (Å²) in [5.74, 6) is -3.80. The molecule has 14 heteroatoms. The Balaban J connectivity index is 2.50. The van der Waals surface area contributed by atoms with Crippen LogP contribution in [0, 0.1) is 0 Å². The molecule has 0 saturated heterocycles. The summed E-state index contributed by atoms with van der Waals surface area (Å²) in [5.41, 5.74) is 0.136. The van der Waals surface area contributed by atoms with Gasteiger partial charge in [-0.2, -0.15) is 0 Å². The highest BCUT2D eigenvalue weighted by molar-refractivity contribution is 7.96. The molecule has 2 heterocycles. The lowest BCUT2D eigenvalue weighted by Gasteiger charge is -2.36. The topological polar surface area (TPSA) is 158 Å². The SMILES string of the molecule is CCN(C(=O)[C@H](C)OC(C)=O)[C@H]1C[C@H](C)S(=O)(=O)c2sc(S(=O)(=O)CC(=O)[C@H](C)OC(C)=O)cc21. The molecular formula is C21H29NO10S3. The van der Waals surface area contributed by atoms with E-state index < -0.39 is 72.6 Å². The normalized spacial score (nSPS) is 20.7. The summed E-state index contributed by atoms with van der Waals surface area (Å²) in [4.78, 5) is 49.0. The largest absolute Gasteiger partial charge is 0.455 e. The molecule has 0 aromatic carbocycles. The molecule has 0 spiro atoms. The van der Waals surface area contributed by atoms with Gasteiger partial charge in [0.25, 0.3) is 5.91 Å². The number of nitrogens with zero attached hydrogens (tertiary/aromatic N) is 1. The summed E-state index contributed by atoms with van der Waals surface area (Å²) in [6.07, 6.45) is -2.39. The van der Waals surface area contributed by atoms with Crippen LogP contribution < -0.4 is 0 Å². The Bertz CT molecular complexity index is 1230. The quantitative estimate of drug-likeness (QED) is 0.411. The summed E-state index contributed by atoms with van der Waals surface area (Å²) in [7, 11) is -8.15. The number of sulfone groups is 2. The minimum atomic E-state index is -4.27. The zero-order valence-electron chi connectivity index (χ0n) is 20.3. The van der Waals surface area contributed by atoms with Crippen LogP contribution in [0.4, 0.5) is 0 Å². The predicted molar refractivity (Wildman–Crippen MR) is 125 cm³/mol. The van der Waals surface area contributed by atoms with Gasteiger partial charge in [-0.05, 0) is 40.2 Å². The Labute approximate surface area is 208 Å². The van der Waals surface area contributed by atoms with Crippen LogP contribution >= 0.6 is 11.3 Å². The number of carbonyl (C=O) groups is 4. The number of hydrogen-bond donors (Lipinski definition) is 0. The first-order chi connectivity index (χ1) is 16.0. The fraction of sp³-hybridized carbons (Fsp3) is 0.619. The zero-order chi connectivity index (χ0) is 26.9. The average molecular weight is 552 g/mol. The van der Waals surface area contributed by atoms with E-state index in [9.17, 15) is 36.0 Å². The minimum Gasteiger partial charge on any atom is -0.455 e. The number of fused-ring (bicyclic) bond motifs is 1. The predicted octanol–water partition coefficient (Wildman–Crippen LogP) is 1.45. The zero-order valence-corrected chi connectivity index (χ0v) is 22.7. The molecule has 1 amide bonds. The second-order valence-electron chi connectivity index (χ2n) is 8.27. The lowest BCUT2D eigenvalue weighted by Crippen LogP contribution is -2.44. The summed E-state index contributed by atoms with van der Waals surface area (Å²) >= 11 is 0.524. The molecular weight excluding hydrogens is 522 g/mol. The second kappa shape index (κ2) is 10.7. The van der Waals surface area contributed by atoms with Gasteiger partial charge in [0.1, 0.15) is 14.2 Å². The van der Waals surface area contributed by atoms with Crippen LogP contribution in [0.15, 0.2) is 14.5 Å². The van der Waals surface area contributed by atoms with E-state index in [1.54, 1.807) is 6.92 Å². The highest BCUT2D eigenvalue weighted by atomic mass is 32.3. The maximum absolute atomic E-state index is 13.0. The van der Waals surface area contributed by atoms with E-state index >= 15 is 0 Å². The number of amides is 1.